The number of ether oxygens (including phenoxy) is 6. The maximum absolute atomic E-state index is 12.8. The van der Waals surface area contributed by atoms with Crippen LogP contribution in [0.4, 0.5) is 0 Å². The molecule has 0 amide bonds. The molecule has 2 N–H and O–H groups in total. The van der Waals surface area contributed by atoms with Gasteiger partial charge in [-0.15, -0.1) is 0 Å². The van der Waals surface area contributed by atoms with Crippen LogP contribution in [0.3, 0.4) is 0 Å². The lowest BCUT2D eigenvalue weighted by molar-refractivity contribution is -0.173. The monoisotopic (exact) mass is 506 g/mol. The molecule has 0 heterocycles. The lowest BCUT2D eigenvalue weighted by Crippen LogP contribution is -2.47. The molecule has 0 aliphatic carbocycles. The molecule has 0 saturated heterocycles. The molecular weight excluding hydrogens is 480 g/mol. The van der Waals surface area contributed by atoms with Gasteiger partial charge in [0.2, 0.25) is 12.2 Å². The lowest BCUT2D eigenvalue weighted by Gasteiger charge is -2.24. The average Bonchev–Trinajstić information content (AvgIpc) is 2.86. The maximum atomic E-state index is 12.8. The Labute approximate surface area is 206 Å². The molecule has 2 atom stereocenters. The summed E-state index contributed by atoms with van der Waals surface area (Å²) in [6, 6.07) is 7.00. The second-order valence-electron chi connectivity index (χ2n) is 6.93. The molecule has 2 aromatic rings. The largest absolute Gasteiger partial charge is 0.504 e. The van der Waals surface area contributed by atoms with Crippen LogP contribution >= 0.6 is 0 Å². The Morgan fingerprint density at radius 2 is 1.06 bits per heavy atom. The minimum absolute atomic E-state index is 0.0493. The zero-order valence-electron chi connectivity index (χ0n) is 20.0. The molecule has 0 spiro atoms. The van der Waals surface area contributed by atoms with Gasteiger partial charge in [0.1, 0.15) is 0 Å². The third-order valence-electron chi connectivity index (χ3n) is 4.61. The fourth-order valence-corrected chi connectivity index (χ4v) is 2.89. The van der Waals surface area contributed by atoms with Crippen LogP contribution in [0.5, 0.6) is 23.0 Å². The molecule has 0 radical (unpaired) electrons. The highest BCUT2D eigenvalue weighted by molar-refractivity contribution is 5.96. The van der Waals surface area contributed by atoms with Crippen molar-refractivity contribution in [1.82, 2.24) is 0 Å². The van der Waals surface area contributed by atoms with Crippen molar-refractivity contribution in [2.45, 2.75) is 26.1 Å². The number of carbonyl (C=O) groups is 4. The van der Waals surface area contributed by atoms with Crippen molar-refractivity contribution in [1.29, 1.82) is 0 Å². The number of hydrogen-bond donors (Lipinski definition) is 2. The minimum Gasteiger partial charge on any atom is -0.504 e. The van der Waals surface area contributed by atoms with Crippen LogP contribution < -0.4 is 9.47 Å². The summed E-state index contributed by atoms with van der Waals surface area (Å²) < 4.78 is 30.2. The van der Waals surface area contributed by atoms with Crippen LogP contribution in [0, 0.1) is 0 Å². The van der Waals surface area contributed by atoms with Crippen molar-refractivity contribution >= 4 is 23.9 Å². The Hall–Kier alpha value is -4.48. The first-order chi connectivity index (χ1) is 17.2. The van der Waals surface area contributed by atoms with E-state index >= 15 is 0 Å². The summed E-state index contributed by atoms with van der Waals surface area (Å²) in [5.41, 5.74) is -0.285. The molecule has 0 aromatic heterocycles. The Morgan fingerprint density at radius 1 is 0.694 bits per heavy atom. The summed E-state index contributed by atoms with van der Waals surface area (Å²) >= 11 is 0. The third kappa shape index (κ3) is 6.78. The predicted octanol–water partition coefficient (Wildman–Crippen LogP) is 1.99. The Balaban J connectivity index is 2.42. The molecule has 0 aliphatic heterocycles. The summed E-state index contributed by atoms with van der Waals surface area (Å²) in [7, 11) is 2.53. The first-order valence-electron chi connectivity index (χ1n) is 10.7. The number of phenolic OH excluding ortho intramolecular Hbond substituents is 2. The van der Waals surface area contributed by atoms with E-state index in [9.17, 15) is 29.4 Å². The quantitative estimate of drug-likeness (QED) is 0.337. The zero-order valence-corrected chi connectivity index (χ0v) is 20.0. The van der Waals surface area contributed by atoms with Crippen LogP contribution in [0.15, 0.2) is 36.4 Å². The van der Waals surface area contributed by atoms with Gasteiger partial charge >= 0.3 is 23.9 Å². The summed E-state index contributed by atoms with van der Waals surface area (Å²) in [5.74, 6) is -5.17. The fraction of sp³-hybridized carbons (Fsp3) is 0.333. The minimum atomic E-state index is -2.04. The van der Waals surface area contributed by atoms with Gasteiger partial charge in [0, 0.05) is 0 Å². The molecule has 2 aromatic carbocycles. The molecule has 12 heteroatoms. The van der Waals surface area contributed by atoms with E-state index < -0.39 is 36.1 Å². The second-order valence-corrected chi connectivity index (χ2v) is 6.93. The van der Waals surface area contributed by atoms with E-state index in [0.29, 0.717) is 0 Å². The molecule has 0 aliphatic rings. The SMILES string of the molecule is CCOC(=O)[C@H](OC(=O)c1ccc(O)c(OC)c1)[C@@H](OC(=O)c1ccc(O)c(OC)c1)C(=O)OCC. The molecule has 0 saturated carbocycles. The molecule has 36 heavy (non-hydrogen) atoms. The summed E-state index contributed by atoms with van der Waals surface area (Å²) in [6.07, 6.45) is -4.08. The molecule has 2 rings (SSSR count). The highest BCUT2D eigenvalue weighted by atomic mass is 16.6. The molecule has 12 nitrogen and oxygen atoms in total. The van der Waals surface area contributed by atoms with Gasteiger partial charge < -0.3 is 38.6 Å². The van der Waals surface area contributed by atoms with Crippen molar-refractivity contribution in [3.8, 4) is 23.0 Å². The van der Waals surface area contributed by atoms with Gasteiger partial charge in [0.25, 0.3) is 0 Å². The highest BCUT2D eigenvalue weighted by Crippen LogP contribution is 2.28. The molecule has 194 valence electrons. The van der Waals surface area contributed by atoms with Crippen molar-refractivity contribution in [3.05, 3.63) is 47.5 Å². The van der Waals surface area contributed by atoms with E-state index in [0.717, 1.165) is 24.3 Å². The predicted molar refractivity (Wildman–Crippen MR) is 121 cm³/mol. The van der Waals surface area contributed by atoms with E-state index in [-0.39, 0.29) is 47.3 Å². The maximum Gasteiger partial charge on any atom is 0.352 e. The van der Waals surface area contributed by atoms with Gasteiger partial charge in [-0.2, -0.15) is 0 Å². The van der Waals surface area contributed by atoms with Crippen molar-refractivity contribution < 1.29 is 57.8 Å². The van der Waals surface area contributed by atoms with Gasteiger partial charge in [0.15, 0.2) is 23.0 Å². The normalized spacial score (nSPS) is 12.0. The number of rotatable bonds is 11. The number of phenols is 2. The first kappa shape index (κ1) is 27.8. The Bertz CT molecular complexity index is 1020. The van der Waals surface area contributed by atoms with E-state index in [2.05, 4.69) is 0 Å². The first-order valence-corrected chi connectivity index (χ1v) is 10.7. The van der Waals surface area contributed by atoms with Crippen molar-refractivity contribution in [2.75, 3.05) is 27.4 Å². The Morgan fingerprint density at radius 3 is 1.36 bits per heavy atom. The lowest BCUT2D eigenvalue weighted by atomic mass is 10.1. The van der Waals surface area contributed by atoms with E-state index in [1.54, 1.807) is 0 Å². The van der Waals surface area contributed by atoms with Crippen LogP contribution in [0.1, 0.15) is 34.6 Å². The Kier molecular flexibility index (Phi) is 9.90. The molecular formula is C24H26O12. The molecule has 0 fully saturated rings. The van der Waals surface area contributed by atoms with Gasteiger partial charge in [-0.25, -0.2) is 19.2 Å². The molecule has 0 bridgehead atoms. The van der Waals surface area contributed by atoms with Crippen LogP contribution in [0.2, 0.25) is 0 Å². The van der Waals surface area contributed by atoms with Crippen molar-refractivity contribution in [2.24, 2.45) is 0 Å². The van der Waals surface area contributed by atoms with Crippen LogP contribution in [-0.4, -0.2) is 73.7 Å². The summed E-state index contributed by atoms with van der Waals surface area (Å²) in [4.78, 5) is 51.0. The van der Waals surface area contributed by atoms with Gasteiger partial charge in [-0.05, 0) is 50.2 Å². The fourth-order valence-electron chi connectivity index (χ4n) is 2.89. The number of esters is 4. The van der Waals surface area contributed by atoms with E-state index in [1.807, 2.05) is 0 Å². The number of methoxy groups -OCH3 is 2. The van der Waals surface area contributed by atoms with E-state index in [4.69, 9.17) is 28.4 Å². The van der Waals surface area contributed by atoms with E-state index in [1.165, 1.54) is 40.2 Å². The van der Waals surface area contributed by atoms with Crippen molar-refractivity contribution in [3.63, 3.8) is 0 Å². The van der Waals surface area contributed by atoms with Gasteiger partial charge in [0.05, 0.1) is 38.6 Å². The van der Waals surface area contributed by atoms with Gasteiger partial charge in [-0.1, -0.05) is 0 Å². The standard InChI is InChI=1S/C24H26O12/c1-5-33-23(29)19(35-21(27)13-7-9-15(25)17(11-13)31-3)20(24(30)34-6-2)36-22(28)14-8-10-16(26)18(12-14)32-4/h7-12,19-20,25-26H,5-6H2,1-4H3/t19-,20-/m1/s1. The average molecular weight is 506 g/mol. The number of aromatic hydroxyl groups is 2. The third-order valence-corrected chi connectivity index (χ3v) is 4.61. The van der Waals surface area contributed by atoms with Crippen LogP contribution in [0.25, 0.3) is 0 Å². The number of carbonyl (C=O) groups excluding carboxylic acids is 4. The number of benzene rings is 2. The topological polar surface area (TPSA) is 164 Å². The number of hydrogen-bond acceptors (Lipinski definition) is 12. The summed E-state index contributed by atoms with van der Waals surface area (Å²) in [6.45, 7) is 2.68. The smallest absolute Gasteiger partial charge is 0.352 e. The molecule has 0 unspecified atom stereocenters. The second kappa shape index (κ2) is 12.8. The summed E-state index contributed by atoms with van der Waals surface area (Å²) in [5, 5.41) is 19.5. The van der Waals surface area contributed by atoms with Crippen LogP contribution in [-0.2, 0) is 28.5 Å². The highest BCUT2D eigenvalue weighted by Gasteiger charge is 2.43. The van der Waals surface area contributed by atoms with Gasteiger partial charge in [-0.3, -0.25) is 0 Å². The zero-order chi connectivity index (χ0) is 26.8.